The fraction of sp³-hybridized carbons (Fsp3) is 0.739. The van der Waals surface area contributed by atoms with E-state index in [2.05, 4.69) is 38.2 Å². The summed E-state index contributed by atoms with van der Waals surface area (Å²) in [5.74, 6) is -1.55. The fourth-order valence-corrected chi connectivity index (χ4v) is 7.06. The molecule has 0 aromatic heterocycles. The number of esters is 2. The average Bonchev–Trinajstić information content (AvgIpc) is 3.16. The number of carbonyl (C=O) groups is 2. The SMILES string of the molecule is CCCCCC/C=C/CCCCCCCCCCCOC(=O)c1ccc(S(=O)(=O)[O-])cc1C(=O)OCCCCCCCCCCC/C=C/CCCCCC.[Na+]. The first-order valence-corrected chi connectivity index (χ1v) is 23.5. The Balaban J connectivity index is 0.0000292. The van der Waals surface area contributed by atoms with Crippen molar-refractivity contribution in [2.24, 2.45) is 0 Å². The van der Waals surface area contributed by atoms with Crippen LogP contribution < -0.4 is 29.6 Å². The van der Waals surface area contributed by atoms with Gasteiger partial charge >= 0.3 is 41.5 Å². The molecule has 1 aromatic rings. The first kappa shape index (κ1) is 53.6. The Morgan fingerprint density at radius 1 is 0.491 bits per heavy atom. The van der Waals surface area contributed by atoms with Crippen molar-refractivity contribution >= 4 is 22.1 Å². The molecule has 0 spiro atoms. The number of carbonyl (C=O) groups excluding carboxylic acids is 2. The number of unbranched alkanes of at least 4 members (excludes halogenated alkanes) is 26. The Morgan fingerprint density at radius 2 is 0.800 bits per heavy atom. The van der Waals surface area contributed by atoms with Crippen molar-refractivity contribution in [1.82, 2.24) is 0 Å². The van der Waals surface area contributed by atoms with Gasteiger partial charge in [-0.1, -0.05) is 167 Å². The van der Waals surface area contributed by atoms with Gasteiger partial charge in [0.15, 0.2) is 0 Å². The monoisotopic (exact) mass is 797 g/mol. The molecule has 0 saturated heterocycles. The molecule has 7 nitrogen and oxygen atoms in total. The number of hydrogen-bond acceptors (Lipinski definition) is 7. The zero-order chi connectivity index (χ0) is 39.4. The number of hydrogen-bond donors (Lipinski definition) is 0. The minimum Gasteiger partial charge on any atom is -0.744 e. The van der Waals surface area contributed by atoms with Gasteiger partial charge in [-0.3, -0.25) is 0 Å². The van der Waals surface area contributed by atoms with Crippen molar-refractivity contribution in [1.29, 1.82) is 0 Å². The van der Waals surface area contributed by atoms with E-state index in [4.69, 9.17) is 9.47 Å². The summed E-state index contributed by atoms with van der Waals surface area (Å²) in [5, 5.41) is 0. The standard InChI is InChI=1S/C46H78O7S.Na/c1-3-5-7-9-11-13-15-17-19-21-23-25-27-29-31-33-35-39-52-45(47)43-38-37-42(54(49,50)51)41-44(43)46(48)53-40-36-34-32-30-28-26-24-22-20-18-16-14-12-10-8-6-4-2;/h13-16,37-38,41H,3-12,17-36,39-40H2,1-2H3,(H,49,50,51);/q;+1/p-1/b15-13+,16-14+;. The molecule has 9 heteroatoms. The van der Waals surface area contributed by atoms with E-state index in [-0.39, 0.29) is 53.9 Å². The fourth-order valence-electron chi connectivity index (χ4n) is 6.56. The third-order valence-corrected chi connectivity index (χ3v) is 10.8. The zero-order valence-corrected chi connectivity index (χ0v) is 38.3. The molecule has 0 aliphatic heterocycles. The predicted octanol–water partition coefficient (Wildman–Crippen LogP) is 10.8. The molecule has 0 amide bonds. The molecule has 310 valence electrons. The molecule has 0 N–H and O–H groups in total. The normalized spacial score (nSPS) is 11.7. The topological polar surface area (TPSA) is 110 Å². The molecule has 0 atom stereocenters. The van der Waals surface area contributed by atoms with Gasteiger partial charge in [-0.25, -0.2) is 18.0 Å². The third-order valence-electron chi connectivity index (χ3n) is 10.00. The van der Waals surface area contributed by atoms with Gasteiger partial charge in [0.2, 0.25) is 0 Å². The Morgan fingerprint density at radius 3 is 1.15 bits per heavy atom. The Hall–Kier alpha value is -1.45. The molecule has 55 heavy (non-hydrogen) atoms. The van der Waals surface area contributed by atoms with Crippen molar-refractivity contribution in [2.75, 3.05) is 13.2 Å². The van der Waals surface area contributed by atoms with E-state index in [1.165, 1.54) is 147 Å². The summed E-state index contributed by atoms with van der Waals surface area (Å²) in [5.41, 5.74) is -0.342. The molecule has 0 saturated carbocycles. The molecule has 0 heterocycles. The van der Waals surface area contributed by atoms with Crippen LogP contribution in [0.25, 0.3) is 0 Å². The van der Waals surface area contributed by atoms with Gasteiger partial charge in [0.25, 0.3) is 0 Å². The number of ether oxygens (including phenoxy) is 2. The van der Waals surface area contributed by atoms with Crippen molar-refractivity contribution < 1.29 is 61.6 Å². The Kier molecular flexibility index (Phi) is 37.1. The van der Waals surface area contributed by atoms with E-state index in [9.17, 15) is 22.6 Å². The van der Waals surface area contributed by atoms with Crippen LogP contribution in [0.15, 0.2) is 47.4 Å². The second-order valence-electron chi connectivity index (χ2n) is 15.0. The maximum Gasteiger partial charge on any atom is 1.00 e. The van der Waals surface area contributed by atoms with E-state index >= 15 is 0 Å². The number of rotatable bonds is 37. The van der Waals surface area contributed by atoms with Crippen LogP contribution in [-0.4, -0.2) is 38.1 Å². The molecular weight excluding hydrogens is 720 g/mol. The van der Waals surface area contributed by atoms with Gasteiger partial charge in [-0.05, 0) is 82.4 Å². The zero-order valence-electron chi connectivity index (χ0n) is 35.4. The van der Waals surface area contributed by atoms with Gasteiger partial charge in [0.05, 0.1) is 29.2 Å². The maximum absolute atomic E-state index is 12.9. The largest absolute Gasteiger partial charge is 1.00 e. The van der Waals surface area contributed by atoms with Crippen molar-refractivity contribution in [3.63, 3.8) is 0 Å². The van der Waals surface area contributed by atoms with E-state index < -0.39 is 27.0 Å². The third kappa shape index (κ3) is 31.3. The van der Waals surface area contributed by atoms with Crippen molar-refractivity contribution in [3.8, 4) is 0 Å². The van der Waals surface area contributed by atoms with Crippen LogP contribution in [0.1, 0.15) is 227 Å². The molecular formula is C46H77NaO7S. The van der Waals surface area contributed by atoms with E-state index in [1.807, 2.05) is 0 Å². The summed E-state index contributed by atoms with van der Waals surface area (Å²) in [6.07, 6.45) is 45.0. The van der Waals surface area contributed by atoms with E-state index in [0.29, 0.717) is 12.8 Å². The van der Waals surface area contributed by atoms with Crippen LogP contribution in [0, 0.1) is 0 Å². The molecule has 1 rings (SSSR count). The van der Waals surface area contributed by atoms with Crippen LogP contribution in [0.2, 0.25) is 0 Å². The number of benzene rings is 1. The van der Waals surface area contributed by atoms with Crippen LogP contribution in [0.5, 0.6) is 0 Å². The van der Waals surface area contributed by atoms with Crippen molar-refractivity contribution in [2.45, 2.75) is 211 Å². The second kappa shape index (κ2) is 38.1. The van der Waals surface area contributed by atoms with E-state index in [1.54, 1.807) is 0 Å². The molecule has 0 radical (unpaired) electrons. The molecule has 0 fully saturated rings. The molecule has 0 aliphatic carbocycles. The van der Waals surface area contributed by atoms with Gasteiger partial charge in [-0.2, -0.15) is 0 Å². The summed E-state index contributed by atoms with van der Waals surface area (Å²) in [4.78, 5) is 25.2. The average molecular weight is 797 g/mol. The minimum atomic E-state index is -4.82. The van der Waals surface area contributed by atoms with Crippen LogP contribution in [-0.2, 0) is 19.6 Å². The Labute approximate surface area is 359 Å². The van der Waals surface area contributed by atoms with Crippen LogP contribution in [0.4, 0.5) is 0 Å². The molecule has 0 bridgehead atoms. The quantitative estimate of drug-likeness (QED) is 0.0217. The maximum atomic E-state index is 12.9. The molecule has 0 aliphatic rings. The van der Waals surface area contributed by atoms with Gasteiger partial charge in [-0.15, -0.1) is 0 Å². The summed E-state index contributed by atoms with van der Waals surface area (Å²) in [6, 6.07) is 3.13. The molecule has 0 unspecified atom stereocenters. The molecule has 1 aromatic carbocycles. The van der Waals surface area contributed by atoms with Gasteiger partial charge in [0, 0.05) is 0 Å². The summed E-state index contributed by atoms with van der Waals surface area (Å²) >= 11 is 0. The summed E-state index contributed by atoms with van der Waals surface area (Å²) < 4.78 is 45.8. The second-order valence-corrected chi connectivity index (χ2v) is 16.4. The first-order valence-electron chi connectivity index (χ1n) is 22.0. The van der Waals surface area contributed by atoms with Crippen LogP contribution in [0.3, 0.4) is 0 Å². The summed E-state index contributed by atoms with van der Waals surface area (Å²) in [6.45, 7) is 4.85. The smallest absolute Gasteiger partial charge is 0.744 e. The van der Waals surface area contributed by atoms with Crippen molar-refractivity contribution in [3.05, 3.63) is 53.6 Å². The predicted molar refractivity (Wildman–Crippen MR) is 223 cm³/mol. The van der Waals surface area contributed by atoms with Crippen LogP contribution >= 0.6 is 0 Å². The Bertz CT molecular complexity index is 1240. The summed E-state index contributed by atoms with van der Waals surface area (Å²) in [7, 11) is -4.82. The van der Waals surface area contributed by atoms with Gasteiger partial charge in [0.1, 0.15) is 10.1 Å². The minimum absolute atomic E-state index is 0. The van der Waals surface area contributed by atoms with Gasteiger partial charge < -0.3 is 14.0 Å². The van der Waals surface area contributed by atoms with E-state index in [0.717, 1.165) is 50.7 Å². The number of allylic oxidation sites excluding steroid dienone is 4. The first-order chi connectivity index (χ1) is 26.3.